The maximum absolute atomic E-state index is 13.7. The van der Waals surface area contributed by atoms with Crippen LogP contribution in [0.3, 0.4) is 0 Å². The van der Waals surface area contributed by atoms with Gasteiger partial charge in [0, 0.05) is 6.54 Å². The van der Waals surface area contributed by atoms with Crippen molar-refractivity contribution in [2.45, 2.75) is 25.9 Å². The van der Waals surface area contributed by atoms with Crippen molar-refractivity contribution in [1.82, 2.24) is 5.32 Å². The smallest absolute Gasteiger partial charge is 0.146 e. The fourth-order valence-corrected chi connectivity index (χ4v) is 2.26. The van der Waals surface area contributed by atoms with Gasteiger partial charge in [-0.05, 0) is 56.5 Å². The molecule has 1 aliphatic rings. The van der Waals surface area contributed by atoms with Crippen LogP contribution in [0, 0.1) is 11.7 Å². The van der Waals surface area contributed by atoms with Crippen molar-refractivity contribution < 1.29 is 8.78 Å². The summed E-state index contributed by atoms with van der Waals surface area (Å²) in [6.45, 7) is 4.26. The fourth-order valence-electron chi connectivity index (χ4n) is 2.26. The molecule has 2 rings (SSSR count). The van der Waals surface area contributed by atoms with Gasteiger partial charge in [0.05, 0.1) is 5.69 Å². The van der Waals surface area contributed by atoms with Gasteiger partial charge in [0.1, 0.15) is 12.0 Å². The van der Waals surface area contributed by atoms with Gasteiger partial charge in [-0.25, -0.2) is 8.78 Å². The summed E-state index contributed by atoms with van der Waals surface area (Å²) < 4.78 is 26.8. The Bertz CT molecular complexity index is 387. The van der Waals surface area contributed by atoms with Crippen LogP contribution in [-0.2, 0) is 0 Å². The van der Waals surface area contributed by atoms with Crippen LogP contribution in [0.15, 0.2) is 18.2 Å². The molecule has 2 N–H and O–H groups in total. The molecule has 1 atom stereocenters. The van der Waals surface area contributed by atoms with E-state index in [0.29, 0.717) is 17.2 Å². The SMILES string of the molecule is CC(F)c1ccc(NCC2CCNCC2)c(F)c1. The van der Waals surface area contributed by atoms with Crippen LogP contribution in [0.4, 0.5) is 14.5 Å². The Kier molecular flexibility index (Phi) is 4.53. The molecule has 0 aromatic heterocycles. The van der Waals surface area contributed by atoms with E-state index in [1.807, 2.05) is 0 Å². The number of hydrogen-bond acceptors (Lipinski definition) is 2. The first-order valence-corrected chi connectivity index (χ1v) is 6.55. The average Bonchev–Trinajstić information content (AvgIpc) is 2.38. The van der Waals surface area contributed by atoms with Crippen molar-refractivity contribution in [3.05, 3.63) is 29.6 Å². The molecule has 1 heterocycles. The number of halogens is 2. The minimum absolute atomic E-state index is 0.370. The summed E-state index contributed by atoms with van der Waals surface area (Å²) in [7, 11) is 0. The van der Waals surface area contributed by atoms with Crippen LogP contribution in [0.5, 0.6) is 0 Å². The van der Waals surface area contributed by atoms with E-state index in [1.165, 1.54) is 13.0 Å². The standard InChI is InChI=1S/C14H20F2N2/c1-10(15)12-2-3-14(13(16)8-12)18-9-11-4-6-17-7-5-11/h2-3,8,10-11,17-18H,4-7,9H2,1H3. The van der Waals surface area contributed by atoms with E-state index in [-0.39, 0.29) is 5.82 Å². The number of anilines is 1. The topological polar surface area (TPSA) is 24.1 Å². The van der Waals surface area contributed by atoms with Crippen molar-refractivity contribution >= 4 is 5.69 Å². The second-order valence-electron chi connectivity index (χ2n) is 4.93. The third-order valence-corrected chi connectivity index (χ3v) is 3.49. The zero-order chi connectivity index (χ0) is 13.0. The highest BCUT2D eigenvalue weighted by atomic mass is 19.1. The summed E-state index contributed by atoms with van der Waals surface area (Å²) >= 11 is 0. The van der Waals surface area contributed by atoms with Crippen LogP contribution in [0.2, 0.25) is 0 Å². The lowest BCUT2D eigenvalue weighted by Crippen LogP contribution is -2.31. The van der Waals surface area contributed by atoms with Gasteiger partial charge < -0.3 is 10.6 Å². The number of nitrogens with one attached hydrogen (secondary N) is 2. The van der Waals surface area contributed by atoms with Crippen LogP contribution < -0.4 is 10.6 Å². The van der Waals surface area contributed by atoms with Gasteiger partial charge in [0.2, 0.25) is 0 Å². The maximum Gasteiger partial charge on any atom is 0.146 e. The van der Waals surface area contributed by atoms with Gasteiger partial charge in [-0.3, -0.25) is 0 Å². The highest BCUT2D eigenvalue weighted by molar-refractivity contribution is 5.46. The Morgan fingerprint density at radius 2 is 2.11 bits per heavy atom. The molecule has 1 saturated heterocycles. The van der Waals surface area contributed by atoms with E-state index in [0.717, 1.165) is 32.5 Å². The molecule has 1 fully saturated rings. The molecule has 0 amide bonds. The van der Waals surface area contributed by atoms with Crippen molar-refractivity contribution in [3.8, 4) is 0 Å². The number of alkyl halides is 1. The van der Waals surface area contributed by atoms with E-state index < -0.39 is 6.17 Å². The molecule has 0 spiro atoms. The van der Waals surface area contributed by atoms with Crippen molar-refractivity contribution in [1.29, 1.82) is 0 Å². The molecule has 100 valence electrons. The summed E-state index contributed by atoms with van der Waals surface area (Å²) in [5.74, 6) is 0.219. The molecule has 1 aromatic rings. The second kappa shape index (κ2) is 6.14. The molecular formula is C14H20F2N2. The number of piperidine rings is 1. The fraction of sp³-hybridized carbons (Fsp3) is 0.571. The third kappa shape index (κ3) is 3.42. The number of benzene rings is 1. The molecule has 1 aromatic carbocycles. The maximum atomic E-state index is 13.7. The molecule has 0 saturated carbocycles. The molecule has 1 aliphatic heterocycles. The molecule has 1 unspecified atom stereocenters. The zero-order valence-electron chi connectivity index (χ0n) is 10.7. The Balaban J connectivity index is 1.92. The summed E-state index contributed by atoms with van der Waals surface area (Å²) in [6.07, 6.45) is 1.11. The van der Waals surface area contributed by atoms with Gasteiger partial charge in [-0.2, -0.15) is 0 Å². The first-order valence-electron chi connectivity index (χ1n) is 6.55. The zero-order valence-corrected chi connectivity index (χ0v) is 10.7. The van der Waals surface area contributed by atoms with Crippen molar-refractivity contribution in [3.63, 3.8) is 0 Å². The van der Waals surface area contributed by atoms with Crippen molar-refractivity contribution in [2.75, 3.05) is 25.0 Å². The van der Waals surface area contributed by atoms with E-state index in [9.17, 15) is 8.78 Å². The van der Waals surface area contributed by atoms with Crippen LogP contribution in [0.1, 0.15) is 31.5 Å². The van der Waals surface area contributed by atoms with Crippen molar-refractivity contribution in [2.24, 2.45) is 5.92 Å². The lowest BCUT2D eigenvalue weighted by molar-refractivity contribution is 0.372. The number of rotatable bonds is 4. The third-order valence-electron chi connectivity index (χ3n) is 3.49. The highest BCUT2D eigenvalue weighted by Gasteiger charge is 2.14. The van der Waals surface area contributed by atoms with E-state index in [1.54, 1.807) is 12.1 Å². The lowest BCUT2D eigenvalue weighted by atomic mass is 9.98. The van der Waals surface area contributed by atoms with Gasteiger partial charge in [-0.1, -0.05) is 6.07 Å². The Hall–Kier alpha value is -1.16. The quantitative estimate of drug-likeness (QED) is 0.861. The first kappa shape index (κ1) is 13.3. The summed E-state index contributed by atoms with van der Waals surface area (Å²) in [6, 6.07) is 4.54. The van der Waals surface area contributed by atoms with E-state index in [2.05, 4.69) is 10.6 Å². The van der Waals surface area contributed by atoms with E-state index >= 15 is 0 Å². The molecule has 0 radical (unpaired) electrons. The second-order valence-corrected chi connectivity index (χ2v) is 4.93. The summed E-state index contributed by atoms with van der Waals surface area (Å²) in [5.41, 5.74) is 0.859. The molecule has 4 heteroatoms. The minimum atomic E-state index is -1.13. The minimum Gasteiger partial charge on any atom is -0.382 e. The molecular weight excluding hydrogens is 234 g/mol. The Morgan fingerprint density at radius 3 is 2.72 bits per heavy atom. The Labute approximate surface area is 107 Å². The van der Waals surface area contributed by atoms with Crippen LogP contribution in [-0.4, -0.2) is 19.6 Å². The molecule has 18 heavy (non-hydrogen) atoms. The first-order chi connectivity index (χ1) is 8.66. The van der Waals surface area contributed by atoms with Crippen LogP contribution in [0.25, 0.3) is 0 Å². The van der Waals surface area contributed by atoms with Gasteiger partial charge in [0.15, 0.2) is 0 Å². The van der Waals surface area contributed by atoms with Gasteiger partial charge in [0.25, 0.3) is 0 Å². The highest BCUT2D eigenvalue weighted by Crippen LogP contribution is 2.23. The predicted octanol–water partition coefficient (Wildman–Crippen LogP) is 3.27. The summed E-state index contributed by atoms with van der Waals surface area (Å²) in [5, 5.41) is 6.42. The Morgan fingerprint density at radius 1 is 1.39 bits per heavy atom. The largest absolute Gasteiger partial charge is 0.382 e. The van der Waals surface area contributed by atoms with Gasteiger partial charge in [-0.15, -0.1) is 0 Å². The molecule has 2 nitrogen and oxygen atoms in total. The normalized spacial score (nSPS) is 18.6. The van der Waals surface area contributed by atoms with E-state index in [4.69, 9.17) is 0 Å². The lowest BCUT2D eigenvalue weighted by Gasteiger charge is -2.23. The van der Waals surface area contributed by atoms with Crippen LogP contribution >= 0.6 is 0 Å². The average molecular weight is 254 g/mol. The summed E-state index contributed by atoms with van der Waals surface area (Å²) in [4.78, 5) is 0. The van der Waals surface area contributed by atoms with Gasteiger partial charge >= 0.3 is 0 Å². The number of hydrogen-bond donors (Lipinski definition) is 2. The monoisotopic (exact) mass is 254 g/mol. The molecule has 0 aliphatic carbocycles. The molecule has 0 bridgehead atoms. The predicted molar refractivity (Wildman–Crippen MR) is 70.0 cm³/mol.